The third kappa shape index (κ3) is 3.65. The van der Waals surface area contributed by atoms with Crippen molar-refractivity contribution in [2.75, 3.05) is 6.54 Å². The van der Waals surface area contributed by atoms with Gasteiger partial charge in [-0.3, -0.25) is 9.59 Å². The molecule has 2 aromatic rings. The maximum absolute atomic E-state index is 12.8. The summed E-state index contributed by atoms with van der Waals surface area (Å²) >= 11 is 0. The number of aryl methyl sites for hydroxylation is 2. The monoisotopic (exact) mass is 344 g/mol. The van der Waals surface area contributed by atoms with Gasteiger partial charge >= 0.3 is 0 Å². The Bertz CT molecular complexity index is 811. The van der Waals surface area contributed by atoms with E-state index in [1.807, 2.05) is 31.7 Å². The molecule has 0 aromatic carbocycles. The Balaban J connectivity index is 1.74. The number of piperidine rings is 1. The van der Waals surface area contributed by atoms with Crippen molar-refractivity contribution < 1.29 is 9.21 Å². The lowest BCUT2D eigenvalue weighted by atomic mass is 9.90. The average molecular weight is 344 g/mol. The highest BCUT2D eigenvalue weighted by Gasteiger charge is 2.35. The Morgan fingerprint density at radius 2 is 2.20 bits per heavy atom. The van der Waals surface area contributed by atoms with Gasteiger partial charge in [-0.15, -0.1) is 10.2 Å². The van der Waals surface area contributed by atoms with Crippen molar-refractivity contribution in [1.29, 1.82) is 0 Å². The van der Waals surface area contributed by atoms with Gasteiger partial charge in [0.1, 0.15) is 6.54 Å². The van der Waals surface area contributed by atoms with E-state index in [1.165, 1.54) is 4.57 Å². The molecule has 2 aromatic heterocycles. The van der Waals surface area contributed by atoms with Gasteiger partial charge in [-0.25, -0.2) is 0 Å². The maximum atomic E-state index is 12.8. The number of pyridine rings is 1. The number of carbonyl (C=O) groups is 1. The first-order valence-corrected chi connectivity index (χ1v) is 8.78. The molecule has 0 N–H and O–H groups in total. The van der Waals surface area contributed by atoms with Crippen molar-refractivity contribution >= 4 is 5.91 Å². The van der Waals surface area contributed by atoms with Gasteiger partial charge in [0, 0.05) is 31.3 Å². The first-order valence-electron chi connectivity index (χ1n) is 8.78. The second kappa shape index (κ2) is 7.21. The molecule has 7 heteroatoms. The molecule has 3 rings (SSSR count). The zero-order valence-corrected chi connectivity index (χ0v) is 14.9. The minimum Gasteiger partial charge on any atom is -0.425 e. The second-order valence-electron chi connectivity index (χ2n) is 6.63. The van der Waals surface area contributed by atoms with Crippen LogP contribution in [-0.4, -0.2) is 38.2 Å². The number of nitrogens with zero attached hydrogens (tertiary/aromatic N) is 4. The van der Waals surface area contributed by atoms with E-state index in [4.69, 9.17) is 4.42 Å². The number of hydrogen-bond donors (Lipinski definition) is 0. The molecule has 134 valence electrons. The van der Waals surface area contributed by atoms with E-state index >= 15 is 0 Å². The van der Waals surface area contributed by atoms with E-state index in [9.17, 15) is 9.59 Å². The van der Waals surface area contributed by atoms with E-state index < -0.39 is 0 Å². The summed E-state index contributed by atoms with van der Waals surface area (Å²) in [7, 11) is 0. The highest BCUT2D eigenvalue weighted by atomic mass is 16.4. The standard InChI is InChI=1S/C18H24N4O3/c1-4-15-19-20-18(25-15)14-6-5-8-22(13(14)3)17(24)11-21-9-7-12(2)10-16(21)23/h7,9-10,13-14H,4-6,8,11H2,1-3H3/t13-,14-/m0/s1. The van der Waals surface area contributed by atoms with Crippen molar-refractivity contribution in [3.63, 3.8) is 0 Å². The van der Waals surface area contributed by atoms with E-state index in [1.54, 1.807) is 12.3 Å². The lowest BCUT2D eigenvalue weighted by Gasteiger charge is -2.38. The van der Waals surface area contributed by atoms with Crippen LogP contribution < -0.4 is 5.56 Å². The molecule has 0 radical (unpaired) electrons. The van der Waals surface area contributed by atoms with Gasteiger partial charge < -0.3 is 13.9 Å². The number of aromatic nitrogens is 3. The van der Waals surface area contributed by atoms with Gasteiger partial charge in [-0.2, -0.15) is 0 Å². The van der Waals surface area contributed by atoms with Crippen molar-refractivity contribution in [2.45, 2.75) is 58.5 Å². The summed E-state index contributed by atoms with van der Waals surface area (Å²) in [5.41, 5.74) is 0.738. The molecule has 25 heavy (non-hydrogen) atoms. The number of carbonyl (C=O) groups excluding carboxylic acids is 1. The topological polar surface area (TPSA) is 81.2 Å². The van der Waals surface area contributed by atoms with E-state index in [2.05, 4.69) is 10.2 Å². The highest BCUT2D eigenvalue weighted by molar-refractivity contribution is 5.76. The summed E-state index contributed by atoms with van der Waals surface area (Å²) in [5.74, 6) is 1.21. The number of hydrogen-bond acceptors (Lipinski definition) is 5. The van der Waals surface area contributed by atoms with Crippen molar-refractivity contribution in [3.05, 3.63) is 46.0 Å². The molecule has 0 unspecified atom stereocenters. The van der Waals surface area contributed by atoms with Gasteiger partial charge in [0.2, 0.25) is 17.7 Å². The normalized spacial score (nSPS) is 20.7. The van der Waals surface area contributed by atoms with Crippen LogP contribution >= 0.6 is 0 Å². The van der Waals surface area contributed by atoms with Crippen LogP contribution in [-0.2, 0) is 17.8 Å². The lowest BCUT2D eigenvalue weighted by Crippen LogP contribution is -2.47. The smallest absolute Gasteiger partial charge is 0.251 e. The third-order valence-electron chi connectivity index (χ3n) is 4.87. The Morgan fingerprint density at radius 3 is 2.88 bits per heavy atom. The minimum absolute atomic E-state index is 0.0347. The fraction of sp³-hybridized carbons (Fsp3) is 0.556. The molecule has 7 nitrogen and oxygen atoms in total. The summed E-state index contributed by atoms with van der Waals surface area (Å²) in [6, 6.07) is 3.34. The van der Waals surface area contributed by atoms with E-state index in [0.29, 0.717) is 24.7 Å². The summed E-state index contributed by atoms with van der Waals surface area (Å²) in [6.07, 6.45) is 4.18. The zero-order valence-electron chi connectivity index (χ0n) is 14.9. The van der Waals surface area contributed by atoms with Crippen LogP contribution in [0.4, 0.5) is 0 Å². The van der Waals surface area contributed by atoms with Crippen LogP contribution in [0.1, 0.15) is 50.0 Å². The molecule has 0 saturated carbocycles. The van der Waals surface area contributed by atoms with Crippen molar-refractivity contribution in [1.82, 2.24) is 19.7 Å². The molecule has 3 heterocycles. The molecule has 1 saturated heterocycles. The van der Waals surface area contributed by atoms with Crippen LogP contribution in [0.2, 0.25) is 0 Å². The molecule has 1 amide bonds. The third-order valence-corrected chi connectivity index (χ3v) is 4.87. The molecule has 0 bridgehead atoms. The Kier molecular flexibility index (Phi) is 5.01. The van der Waals surface area contributed by atoms with Crippen molar-refractivity contribution in [2.24, 2.45) is 0 Å². The quantitative estimate of drug-likeness (QED) is 0.846. The van der Waals surface area contributed by atoms with Crippen molar-refractivity contribution in [3.8, 4) is 0 Å². The van der Waals surface area contributed by atoms with Crippen LogP contribution in [0.25, 0.3) is 0 Å². The Morgan fingerprint density at radius 1 is 1.40 bits per heavy atom. The lowest BCUT2D eigenvalue weighted by molar-refractivity contribution is -0.135. The summed E-state index contributed by atoms with van der Waals surface area (Å²) in [6.45, 7) is 6.58. The maximum Gasteiger partial charge on any atom is 0.251 e. The number of rotatable bonds is 4. The van der Waals surface area contributed by atoms with Gasteiger partial charge in [-0.1, -0.05) is 6.92 Å². The first-order chi connectivity index (χ1) is 12.0. The number of likely N-dealkylation sites (tertiary alicyclic amines) is 1. The SMILES string of the molecule is CCc1nnc([C@H]2CCCN(C(=O)Cn3ccc(C)cc3=O)[C@H]2C)o1. The molecule has 1 aliphatic heterocycles. The van der Waals surface area contributed by atoms with Gasteiger partial charge in [0.05, 0.1) is 5.92 Å². The van der Waals surface area contributed by atoms with Crippen LogP contribution in [0.3, 0.4) is 0 Å². The second-order valence-corrected chi connectivity index (χ2v) is 6.63. The average Bonchev–Trinajstić information content (AvgIpc) is 3.06. The van der Waals surface area contributed by atoms with Crippen LogP contribution in [0.5, 0.6) is 0 Å². The fourth-order valence-electron chi connectivity index (χ4n) is 3.36. The molecular weight excluding hydrogens is 320 g/mol. The molecular formula is C18H24N4O3. The predicted molar refractivity (Wildman–Crippen MR) is 92.3 cm³/mol. The predicted octanol–water partition coefficient (Wildman–Crippen LogP) is 1.90. The summed E-state index contributed by atoms with van der Waals surface area (Å²) in [5, 5.41) is 8.19. The molecule has 0 aliphatic carbocycles. The van der Waals surface area contributed by atoms with E-state index in [0.717, 1.165) is 18.4 Å². The van der Waals surface area contributed by atoms with Gasteiger partial charge in [-0.05, 0) is 38.3 Å². The van der Waals surface area contributed by atoms with Crippen LogP contribution in [0.15, 0.2) is 27.5 Å². The van der Waals surface area contributed by atoms with E-state index in [-0.39, 0.29) is 30.0 Å². The van der Waals surface area contributed by atoms with Gasteiger partial charge in [0.25, 0.3) is 5.56 Å². The minimum atomic E-state index is -0.154. The Labute approximate surface area is 146 Å². The summed E-state index contributed by atoms with van der Waals surface area (Å²) in [4.78, 5) is 26.6. The fourth-order valence-corrected chi connectivity index (χ4v) is 3.36. The first kappa shape index (κ1) is 17.4. The highest BCUT2D eigenvalue weighted by Crippen LogP contribution is 2.32. The Hall–Kier alpha value is -2.44. The molecule has 2 atom stereocenters. The molecule has 1 aliphatic rings. The van der Waals surface area contributed by atoms with Gasteiger partial charge in [0.15, 0.2) is 0 Å². The van der Waals surface area contributed by atoms with Crippen LogP contribution in [0, 0.1) is 6.92 Å². The molecule has 1 fully saturated rings. The largest absolute Gasteiger partial charge is 0.425 e. The molecule has 0 spiro atoms. The zero-order chi connectivity index (χ0) is 18.0. The number of amides is 1. The summed E-state index contributed by atoms with van der Waals surface area (Å²) < 4.78 is 7.16.